The summed E-state index contributed by atoms with van der Waals surface area (Å²) in [4.78, 5) is 18.8. The number of aryl methyl sites for hydroxylation is 2. The Labute approximate surface area is 134 Å². The van der Waals surface area contributed by atoms with Gasteiger partial charge in [0.1, 0.15) is 0 Å². The first-order chi connectivity index (χ1) is 11.1. The smallest absolute Gasteiger partial charge is 0.322 e. The van der Waals surface area contributed by atoms with Crippen LogP contribution in [0, 0.1) is 6.92 Å². The zero-order valence-electron chi connectivity index (χ0n) is 13.7. The molecule has 8 heteroatoms. The molecule has 1 atom stereocenters. The standard InChI is InChI=1S/C15H22N6O2/c1-10-13-6-11(7-17-14(13)20(2)19-10)18-15(22)21-5-4-16-8-12(21)9-23-3/h6-7,12,16H,4-5,8-9H2,1-3H3,(H,18,22). The van der Waals surface area contributed by atoms with Crippen LogP contribution in [0.2, 0.25) is 0 Å². The number of carbonyl (C=O) groups excluding carboxylic acids is 1. The zero-order valence-corrected chi connectivity index (χ0v) is 13.7. The molecule has 0 bridgehead atoms. The molecule has 2 amide bonds. The van der Waals surface area contributed by atoms with Crippen molar-refractivity contribution in [3.8, 4) is 0 Å². The number of fused-ring (bicyclic) bond motifs is 1. The van der Waals surface area contributed by atoms with Gasteiger partial charge in [0.05, 0.1) is 30.2 Å². The fourth-order valence-electron chi connectivity index (χ4n) is 2.94. The van der Waals surface area contributed by atoms with E-state index in [9.17, 15) is 4.79 Å². The second-order valence-electron chi connectivity index (χ2n) is 5.74. The van der Waals surface area contributed by atoms with E-state index >= 15 is 0 Å². The Hall–Kier alpha value is -2.19. The maximum atomic E-state index is 12.6. The highest BCUT2D eigenvalue weighted by Gasteiger charge is 2.26. The molecule has 1 saturated heterocycles. The summed E-state index contributed by atoms with van der Waals surface area (Å²) >= 11 is 0. The van der Waals surface area contributed by atoms with Crippen molar-refractivity contribution in [1.29, 1.82) is 0 Å². The summed E-state index contributed by atoms with van der Waals surface area (Å²) in [5, 5.41) is 11.5. The van der Waals surface area contributed by atoms with Crippen LogP contribution in [-0.4, -0.2) is 65.1 Å². The molecule has 23 heavy (non-hydrogen) atoms. The number of carbonyl (C=O) groups is 1. The SMILES string of the molecule is COCC1CNCCN1C(=O)Nc1cnc2c(c1)c(C)nn2C. The maximum absolute atomic E-state index is 12.6. The number of methoxy groups -OCH3 is 1. The molecule has 1 aliphatic rings. The van der Waals surface area contributed by atoms with E-state index in [1.54, 1.807) is 22.9 Å². The minimum absolute atomic E-state index is 0.0329. The van der Waals surface area contributed by atoms with Gasteiger partial charge >= 0.3 is 6.03 Å². The van der Waals surface area contributed by atoms with Crippen molar-refractivity contribution in [2.75, 3.05) is 38.7 Å². The Kier molecular flexibility index (Phi) is 4.44. The average Bonchev–Trinajstić information content (AvgIpc) is 2.82. The van der Waals surface area contributed by atoms with Gasteiger partial charge in [0, 0.05) is 39.2 Å². The fraction of sp³-hybridized carbons (Fsp3) is 0.533. The third-order valence-electron chi connectivity index (χ3n) is 4.08. The van der Waals surface area contributed by atoms with Crippen LogP contribution in [0.4, 0.5) is 10.5 Å². The van der Waals surface area contributed by atoms with E-state index in [4.69, 9.17) is 4.74 Å². The molecule has 0 saturated carbocycles. The number of urea groups is 1. The summed E-state index contributed by atoms with van der Waals surface area (Å²) in [6, 6.07) is 1.82. The van der Waals surface area contributed by atoms with Crippen molar-refractivity contribution in [2.45, 2.75) is 13.0 Å². The summed E-state index contributed by atoms with van der Waals surface area (Å²) in [7, 11) is 3.50. The van der Waals surface area contributed by atoms with Gasteiger partial charge in [-0.2, -0.15) is 5.10 Å². The van der Waals surface area contributed by atoms with Crippen LogP contribution in [0.5, 0.6) is 0 Å². The lowest BCUT2D eigenvalue weighted by Gasteiger charge is -2.35. The van der Waals surface area contributed by atoms with E-state index in [0.717, 1.165) is 29.8 Å². The number of nitrogens with one attached hydrogen (secondary N) is 2. The van der Waals surface area contributed by atoms with Crippen LogP contribution >= 0.6 is 0 Å². The number of rotatable bonds is 3. The number of piperazine rings is 1. The van der Waals surface area contributed by atoms with Crippen LogP contribution in [0.1, 0.15) is 5.69 Å². The van der Waals surface area contributed by atoms with E-state index in [1.165, 1.54) is 0 Å². The topological polar surface area (TPSA) is 84.3 Å². The molecule has 1 unspecified atom stereocenters. The van der Waals surface area contributed by atoms with Gasteiger partial charge in [0.2, 0.25) is 0 Å². The monoisotopic (exact) mass is 318 g/mol. The lowest BCUT2D eigenvalue weighted by molar-refractivity contribution is 0.0950. The van der Waals surface area contributed by atoms with Gasteiger partial charge < -0.3 is 20.3 Å². The van der Waals surface area contributed by atoms with E-state index in [-0.39, 0.29) is 12.1 Å². The lowest BCUT2D eigenvalue weighted by Crippen LogP contribution is -2.56. The molecule has 0 aromatic carbocycles. The fourth-order valence-corrected chi connectivity index (χ4v) is 2.94. The highest BCUT2D eigenvalue weighted by atomic mass is 16.5. The molecule has 3 rings (SSSR count). The van der Waals surface area contributed by atoms with Crippen molar-refractivity contribution in [3.63, 3.8) is 0 Å². The van der Waals surface area contributed by atoms with Gasteiger partial charge in [-0.3, -0.25) is 4.68 Å². The number of anilines is 1. The number of amides is 2. The Balaban J connectivity index is 1.77. The Morgan fingerprint density at radius 2 is 2.39 bits per heavy atom. The van der Waals surface area contributed by atoms with Gasteiger partial charge in [-0.05, 0) is 13.0 Å². The first-order valence-corrected chi connectivity index (χ1v) is 7.66. The van der Waals surface area contributed by atoms with Crippen LogP contribution in [-0.2, 0) is 11.8 Å². The van der Waals surface area contributed by atoms with Crippen molar-refractivity contribution in [2.24, 2.45) is 7.05 Å². The molecule has 2 aromatic rings. The second-order valence-corrected chi connectivity index (χ2v) is 5.74. The molecular formula is C15H22N6O2. The van der Waals surface area contributed by atoms with Crippen LogP contribution in [0.3, 0.4) is 0 Å². The Morgan fingerprint density at radius 1 is 1.57 bits per heavy atom. The van der Waals surface area contributed by atoms with Gasteiger partial charge in [-0.25, -0.2) is 9.78 Å². The number of nitrogens with zero attached hydrogens (tertiary/aromatic N) is 4. The molecule has 1 aliphatic heterocycles. The number of hydrogen-bond donors (Lipinski definition) is 2. The highest BCUT2D eigenvalue weighted by molar-refractivity contribution is 5.92. The van der Waals surface area contributed by atoms with E-state index in [0.29, 0.717) is 18.8 Å². The largest absolute Gasteiger partial charge is 0.382 e. The Morgan fingerprint density at radius 3 is 3.17 bits per heavy atom. The number of hydrogen-bond acceptors (Lipinski definition) is 5. The average molecular weight is 318 g/mol. The minimum Gasteiger partial charge on any atom is -0.382 e. The van der Waals surface area contributed by atoms with Gasteiger partial charge in [0.25, 0.3) is 0 Å². The number of pyridine rings is 1. The van der Waals surface area contributed by atoms with Crippen LogP contribution in [0.25, 0.3) is 11.0 Å². The highest BCUT2D eigenvalue weighted by Crippen LogP contribution is 2.20. The first kappa shape index (κ1) is 15.7. The van der Waals surface area contributed by atoms with Gasteiger partial charge in [0.15, 0.2) is 5.65 Å². The van der Waals surface area contributed by atoms with E-state index in [1.807, 2.05) is 20.0 Å². The predicted molar refractivity (Wildman–Crippen MR) is 87.5 cm³/mol. The summed E-state index contributed by atoms with van der Waals surface area (Å²) in [5.74, 6) is 0. The molecule has 0 aliphatic carbocycles. The van der Waals surface area contributed by atoms with Crippen molar-refractivity contribution < 1.29 is 9.53 Å². The molecule has 0 spiro atoms. The van der Waals surface area contributed by atoms with E-state index < -0.39 is 0 Å². The van der Waals surface area contributed by atoms with Crippen molar-refractivity contribution in [3.05, 3.63) is 18.0 Å². The van der Waals surface area contributed by atoms with Crippen LogP contribution in [0.15, 0.2) is 12.3 Å². The second kappa shape index (κ2) is 6.51. The molecule has 1 fully saturated rings. The Bertz CT molecular complexity index is 711. The molecule has 3 heterocycles. The van der Waals surface area contributed by atoms with E-state index in [2.05, 4.69) is 20.7 Å². The third-order valence-corrected chi connectivity index (χ3v) is 4.08. The molecule has 2 N–H and O–H groups in total. The summed E-state index contributed by atoms with van der Waals surface area (Å²) < 4.78 is 6.94. The van der Waals surface area contributed by atoms with Gasteiger partial charge in [-0.15, -0.1) is 0 Å². The molecule has 8 nitrogen and oxygen atoms in total. The lowest BCUT2D eigenvalue weighted by atomic mass is 10.2. The predicted octanol–water partition coefficient (Wildman–Crippen LogP) is 0.729. The summed E-state index contributed by atoms with van der Waals surface area (Å²) in [6.45, 7) is 4.62. The van der Waals surface area contributed by atoms with Crippen molar-refractivity contribution >= 4 is 22.8 Å². The normalized spacial score (nSPS) is 18.4. The summed E-state index contributed by atoms with van der Waals surface area (Å²) in [5.41, 5.74) is 2.37. The molecule has 2 aromatic heterocycles. The molecule has 124 valence electrons. The number of ether oxygens (including phenoxy) is 1. The third kappa shape index (κ3) is 3.13. The zero-order chi connectivity index (χ0) is 16.4. The molecular weight excluding hydrogens is 296 g/mol. The number of aromatic nitrogens is 3. The quantitative estimate of drug-likeness (QED) is 0.871. The first-order valence-electron chi connectivity index (χ1n) is 7.66. The maximum Gasteiger partial charge on any atom is 0.322 e. The summed E-state index contributed by atoms with van der Waals surface area (Å²) in [6.07, 6.45) is 1.66. The van der Waals surface area contributed by atoms with Gasteiger partial charge in [-0.1, -0.05) is 0 Å². The van der Waals surface area contributed by atoms with Crippen molar-refractivity contribution in [1.82, 2.24) is 25.0 Å². The minimum atomic E-state index is -0.128. The van der Waals surface area contributed by atoms with Crippen LogP contribution < -0.4 is 10.6 Å². The molecule has 0 radical (unpaired) electrons.